The molecular weight excluding hydrogens is 545 g/mol. The van der Waals surface area contributed by atoms with E-state index < -0.39 is 41.8 Å². The number of carbonyl (C=O) groups excluding carboxylic acids is 1. The molecule has 0 aromatic heterocycles. The fraction of sp³-hybridized carbons (Fsp3) is 0.208. The molecule has 3 rings (SSSR count). The number of benzene rings is 3. The second-order valence-corrected chi connectivity index (χ2v) is 8.64. The Hall–Kier alpha value is -3.08. The van der Waals surface area contributed by atoms with Crippen molar-refractivity contribution in [1.82, 2.24) is 10.6 Å². The van der Waals surface area contributed by atoms with Crippen LogP contribution < -0.4 is 10.6 Å². The minimum absolute atomic E-state index is 0.190. The van der Waals surface area contributed by atoms with Crippen molar-refractivity contribution in [3.05, 3.63) is 105 Å². The molecule has 35 heavy (non-hydrogen) atoms. The number of urea groups is 1. The van der Waals surface area contributed by atoms with Crippen LogP contribution in [0.15, 0.2) is 77.3 Å². The number of nitrogens with one attached hydrogen (secondary N) is 2. The highest BCUT2D eigenvalue weighted by molar-refractivity contribution is 9.10. The van der Waals surface area contributed by atoms with Gasteiger partial charge in [-0.25, -0.2) is 9.18 Å². The zero-order chi connectivity index (χ0) is 25.9. The Labute approximate surface area is 204 Å². The summed E-state index contributed by atoms with van der Waals surface area (Å²) in [5.74, 6) is -1.22. The van der Waals surface area contributed by atoms with E-state index in [-0.39, 0.29) is 17.5 Å². The normalized spacial score (nSPS) is 13.7. The van der Waals surface area contributed by atoms with E-state index in [1.54, 1.807) is 47.8 Å². The van der Waals surface area contributed by atoms with Crippen molar-refractivity contribution in [2.75, 3.05) is 6.54 Å². The van der Waals surface area contributed by atoms with Crippen LogP contribution in [0.5, 0.6) is 0 Å². The average molecular weight is 563 g/mol. The van der Waals surface area contributed by atoms with Gasteiger partial charge in [-0.15, -0.1) is 0 Å². The highest BCUT2D eigenvalue weighted by atomic mass is 79.9. The van der Waals surface area contributed by atoms with Gasteiger partial charge in [0.2, 0.25) is 0 Å². The Bertz CT molecular complexity index is 1180. The van der Waals surface area contributed by atoms with Gasteiger partial charge in [0.25, 0.3) is 0 Å². The van der Waals surface area contributed by atoms with Crippen LogP contribution in [-0.4, -0.2) is 18.8 Å². The highest BCUT2D eigenvalue weighted by Gasteiger charge is 2.40. The van der Waals surface area contributed by atoms with E-state index in [9.17, 15) is 35.5 Å². The number of rotatable bonds is 6. The van der Waals surface area contributed by atoms with Crippen LogP contribution in [0.25, 0.3) is 0 Å². The van der Waals surface area contributed by atoms with Crippen molar-refractivity contribution in [3.8, 4) is 0 Å². The van der Waals surface area contributed by atoms with Crippen LogP contribution in [0.2, 0.25) is 0 Å². The molecule has 1 unspecified atom stereocenters. The molecule has 0 bridgehead atoms. The molecule has 2 amide bonds. The van der Waals surface area contributed by atoms with E-state index in [0.717, 1.165) is 6.07 Å². The van der Waals surface area contributed by atoms with E-state index in [1.807, 2.05) is 0 Å². The second-order valence-electron chi connectivity index (χ2n) is 7.73. The van der Waals surface area contributed by atoms with E-state index in [1.165, 1.54) is 12.1 Å². The number of hydrogen-bond acceptors (Lipinski definition) is 1. The minimum Gasteiger partial charge on any atom is -0.329 e. The number of alkyl halides is 6. The number of hydrogen-bond donors (Lipinski definition) is 2. The quantitative estimate of drug-likeness (QED) is 0.313. The number of amides is 2. The summed E-state index contributed by atoms with van der Waals surface area (Å²) in [4.78, 5) is 12.6. The van der Waals surface area contributed by atoms with Gasteiger partial charge in [-0.3, -0.25) is 0 Å². The molecule has 2 N–H and O–H groups in total. The summed E-state index contributed by atoms with van der Waals surface area (Å²) in [6, 6.07) is 14.9. The monoisotopic (exact) mass is 562 g/mol. The zero-order valence-corrected chi connectivity index (χ0v) is 19.4. The van der Waals surface area contributed by atoms with Crippen molar-refractivity contribution in [1.29, 1.82) is 0 Å². The molecule has 0 saturated heterocycles. The molecule has 11 heteroatoms. The van der Waals surface area contributed by atoms with E-state index in [4.69, 9.17) is 0 Å². The van der Waals surface area contributed by atoms with Gasteiger partial charge in [-0.05, 0) is 47.0 Å². The van der Waals surface area contributed by atoms with Gasteiger partial charge in [0, 0.05) is 10.9 Å². The molecule has 186 valence electrons. The summed E-state index contributed by atoms with van der Waals surface area (Å²) in [5, 5.41) is 4.09. The number of halogens is 8. The van der Waals surface area contributed by atoms with Gasteiger partial charge in [-0.2, -0.15) is 26.3 Å². The maximum Gasteiger partial charge on any atom is 0.416 e. The minimum atomic E-state index is -4.91. The lowest BCUT2D eigenvalue weighted by molar-refractivity contribution is -0.137. The molecule has 3 nitrogen and oxygen atoms in total. The first-order valence-corrected chi connectivity index (χ1v) is 10.9. The Morgan fingerprint density at radius 2 is 1.46 bits per heavy atom. The van der Waals surface area contributed by atoms with Gasteiger partial charge < -0.3 is 10.6 Å². The molecule has 3 aromatic carbocycles. The first-order chi connectivity index (χ1) is 16.3. The maximum absolute atomic E-state index is 14.5. The molecule has 0 spiro atoms. The first kappa shape index (κ1) is 26.5. The largest absolute Gasteiger partial charge is 0.416 e. The smallest absolute Gasteiger partial charge is 0.329 e. The summed E-state index contributed by atoms with van der Waals surface area (Å²) in [6.45, 7) is -1.67. The molecular formula is C24H18BrF7N2O. The topological polar surface area (TPSA) is 41.1 Å². The van der Waals surface area contributed by atoms with Gasteiger partial charge in [-0.1, -0.05) is 58.4 Å². The molecule has 3 aromatic rings. The summed E-state index contributed by atoms with van der Waals surface area (Å²) in [5.41, 5.74) is -2.73. The van der Waals surface area contributed by atoms with Crippen LogP contribution >= 0.6 is 15.9 Å². The lowest BCUT2D eigenvalue weighted by Gasteiger charge is -2.37. The third kappa shape index (κ3) is 6.97. The predicted octanol–water partition coefficient (Wildman–Crippen LogP) is 6.95. The second kappa shape index (κ2) is 10.3. The molecule has 0 fully saturated rings. The van der Waals surface area contributed by atoms with E-state index in [0.29, 0.717) is 22.2 Å². The van der Waals surface area contributed by atoms with Gasteiger partial charge in [0.1, 0.15) is 12.4 Å². The third-order valence-electron chi connectivity index (χ3n) is 5.12. The Balaban J connectivity index is 2.25. The Morgan fingerprint density at radius 3 is 2.06 bits per heavy atom. The SMILES string of the molecule is O=C(NCC(F)(F)F)NC(Cc1ccccc1)(c1cccc(Br)c1)c1cc(F)cc(C(F)(F)F)c1. The maximum atomic E-state index is 14.5. The Morgan fingerprint density at radius 1 is 0.800 bits per heavy atom. The van der Waals surface area contributed by atoms with Crippen molar-refractivity contribution in [3.63, 3.8) is 0 Å². The van der Waals surface area contributed by atoms with Crippen molar-refractivity contribution < 1.29 is 35.5 Å². The van der Waals surface area contributed by atoms with Crippen LogP contribution in [0.4, 0.5) is 35.5 Å². The predicted molar refractivity (Wildman–Crippen MR) is 119 cm³/mol. The zero-order valence-electron chi connectivity index (χ0n) is 17.8. The first-order valence-electron chi connectivity index (χ1n) is 10.1. The summed E-state index contributed by atoms with van der Waals surface area (Å²) < 4.78 is 93.7. The molecule has 0 saturated carbocycles. The van der Waals surface area contributed by atoms with Crippen LogP contribution in [0, 0.1) is 5.82 Å². The van der Waals surface area contributed by atoms with E-state index in [2.05, 4.69) is 21.2 Å². The van der Waals surface area contributed by atoms with E-state index >= 15 is 0 Å². The summed E-state index contributed by atoms with van der Waals surface area (Å²) >= 11 is 3.27. The van der Waals surface area contributed by atoms with Gasteiger partial charge in [0.15, 0.2) is 0 Å². The van der Waals surface area contributed by atoms with Gasteiger partial charge >= 0.3 is 18.4 Å². The Kier molecular flexibility index (Phi) is 7.78. The van der Waals surface area contributed by atoms with Crippen molar-refractivity contribution in [2.24, 2.45) is 0 Å². The standard InChI is InChI=1S/C24H18BrF7N2O/c25-19-8-4-7-16(10-19)22(13-15-5-2-1-3-6-15,34-21(35)33-14-23(27,28)29)17-9-18(24(30,31)32)12-20(26)11-17/h1-12H,13-14H2,(H2,33,34,35). The van der Waals surface area contributed by atoms with Gasteiger partial charge in [0.05, 0.1) is 11.1 Å². The molecule has 1 atom stereocenters. The molecule has 0 aliphatic rings. The lowest BCUT2D eigenvalue weighted by Crippen LogP contribution is -2.53. The fourth-order valence-corrected chi connectivity index (χ4v) is 4.03. The molecule has 0 heterocycles. The fourth-order valence-electron chi connectivity index (χ4n) is 3.63. The third-order valence-corrected chi connectivity index (χ3v) is 5.62. The van der Waals surface area contributed by atoms with Crippen molar-refractivity contribution >= 4 is 22.0 Å². The molecule has 0 radical (unpaired) electrons. The van der Waals surface area contributed by atoms with Crippen molar-refractivity contribution in [2.45, 2.75) is 24.3 Å². The van der Waals surface area contributed by atoms with Crippen LogP contribution in [-0.2, 0) is 18.1 Å². The average Bonchev–Trinajstić information content (AvgIpc) is 2.76. The summed E-state index contributed by atoms with van der Waals surface area (Å²) in [6.07, 6.45) is -9.83. The number of carbonyl (C=O) groups is 1. The molecule has 0 aliphatic carbocycles. The lowest BCUT2D eigenvalue weighted by atomic mass is 9.77. The molecule has 0 aliphatic heterocycles. The summed E-state index contributed by atoms with van der Waals surface area (Å²) in [7, 11) is 0. The van der Waals surface area contributed by atoms with Crippen LogP contribution in [0.1, 0.15) is 22.3 Å². The highest BCUT2D eigenvalue weighted by Crippen LogP contribution is 2.39. The van der Waals surface area contributed by atoms with Crippen LogP contribution in [0.3, 0.4) is 0 Å².